The summed E-state index contributed by atoms with van der Waals surface area (Å²) in [7, 11) is -2.07. The summed E-state index contributed by atoms with van der Waals surface area (Å²) in [5.41, 5.74) is 2.22. The van der Waals surface area contributed by atoms with E-state index in [2.05, 4.69) is 9.71 Å². The van der Waals surface area contributed by atoms with E-state index in [0.29, 0.717) is 24.7 Å². The van der Waals surface area contributed by atoms with Crippen LogP contribution in [0.5, 0.6) is 5.75 Å². The fourth-order valence-corrected chi connectivity index (χ4v) is 3.65. The highest BCUT2D eigenvalue weighted by Crippen LogP contribution is 2.25. The molecule has 0 spiro atoms. The second kappa shape index (κ2) is 7.16. The molecule has 0 aliphatic rings. The molecule has 25 heavy (non-hydrogen) atoms. The van der Waals surface area contributed by atoms with Crippen molar-refractivity contribution >= 4 is 26.6 Å². The third kappa shape index (κ3) is 3.94. The van der Waals surface area contributed by atoms with Crippen molar-refractivity contribution in [3.05, 3.63) is 54.2 Å². The van der Waals surface area contributed by atoms with Gasteiger partial charge in [0.2, 0.25) is 0 Å². The monoisotopic (exact) mass is 360 g/mol. The lowest BCUT2D eigenvalue weighted by atomic mass is 10.2. The summed E-state index contributed by atoms with van der Waals surface area (Å²) < 4.78 is 38.4. The Labute approximate surface area is 146 Å². The maximum absolute atomic E-state index is 12.6. The molecule has 0 aliphatic carbocycles. The summed E-state index contributed by atoms with van der Waals surface area (Å²) in [6.07, 6.45) is 1.81. The van der Waals surface area contributed by atoms with E-state index in [0.717, 1.165) is 16.5 Å². The lowest BCUT2D eigenvalue weighted by Crippen LogP contribution is -2.13. The van der Waals surface area contributed by atoms with Crippen molar-refractivity contribution in [2.75, 3.05) is 25.0 Å². The molecular formula is C18H20N2O4S. The number of methoxy groups -OCH3 is 1. The number of anilines is 1. The zero-order chi connectivity index (χ0) is 17.9. The van der Waals surface area contributed by atoms with Gasteiger partial charge in [0.1, 0.15) is 12.4 Å². The molecule has 1 heterocycles. The van der Waals surface area contributed by atoms with Gasteiger partial charge in [-0.3, -0.25) is 4.72 Å². The fraction of sp³-hybridized carbons (Fsp3) is 0.222. The standard InChI is InChI=1S/C18H20N2O4S/c1-13-11-16(4-6-18(13)24-10-9-23-2)25(21,22)20-15-3-5-17-14(12-15)7-8-19-17/h3-8,11-12,19-20H,9-10H2,1-2H3. The van der Waals surface area contributed by atoms with Gasteiger partial charge in [-0.1, -0.05) is 0 Å². The zero-order valence-electron chi connectivity index (χ0n) is 14.1. The van der Waals surface area contributed by atoms with Crippen molar-refractivity contribution in [2.24, 2.45) is 0 Å². The molecule has 0 radical (unpaired) electrons. The quantitative estimate of drug-likeness (QED) is 0.634. The highest BCUT2D eigenvalue weighted by Gasteiger charge is 2.16. The van der Waals surface area contributed by atoms with Crippen molar-refractivity contribution in [1.29, 1.82) is 0 Å². The third-order valence-corrected chi connectivity index (χ3v) is 5.19. The minimum absolute atomic E-state index is 0.193. The molecular weight excluding hydrogens is 340 g/mol. The van der Waals surface area contributed by atoms with Gasteiger partial charge < -0.3 is 14.5 Å². The van der Waals surface area contributed by atoms with Crippen LogP contribution < -0.4 is 9.46 Å². The van der Waals surface area contributed by atoms with E-state index >= 15 is 0 Å². The Morgan fingerprint density at radius 3 is 2.68 bits per heavy atom. The summed E-state index contributed by atoms with van der Waals surface area (Å²) >= 11 is 0. The molecule has 7 heteroatoms. The Bertz CT molecular complexity index is 980. The number of ether oxygens (including phenoxy) is 2. The van der Waals surface area contributed by atoms with Gasteiger partial charge >= 0.3 is 0 Å². The number of hydrogen-bond acceptors (Lipinski definition) is 4. The zero-order valence-corrected chi connectivity index (χ0v) is 14.9. The van der Waals surface area contributed by atoms with Crippen LogP contribution in [0.3, 0.4) is 0 Å². The molecule has 0 atom stereocenters. The van der Waals surface area contributed by atoms with Crippen LogP contribution in [0.25, 0.3) is 10.9 Å². The highest BCUT2D eigenvalue weighted by atomic mass is 32.2. The maximum atomic E-state index is 12.6. The van der Waals surface area contributed by atoms with Crippen molar-refractivity contribution in [3.8, 4) is 5.75 Å². The first kappa shape index (κ1) is 17.3. The van der Waals surface area contributed by atoms with Crippen LogP contribution in [0.4, 0.5) is 5.69 Å². The van der Waals surface area contributed by atoms with E-state index in [1.807, 2.05) is 25.3 Å². The molecule has 0 saturated heterocycles. The number of hydrogen-bond donors (Lipinski definition) is 2. The third-order valence-electron chi connectivity index (χ3n) is 3.81. The van der Waals surface area contributed by atoms with Gasteiger partial charge in [-0.25, -0.2) is 8.42 Å². The topological polar surface area (TPSA) is 80.4 Å². The van der Waals surface area contributed by atoms with E-state index in [4.69, 9.17) is 9.47 Å². The summed E-state index contributed by atoms with van der Waals surface area (Å²) in [5.74, 6) is 0.643. The van der Waals surface area contributed by atoms with Crippen LogP contribution in [-0.2, 0) is 14.8 Å². The van der Waals surface area contributed by atoms with Crippen LogP contribution in [0.1, 0.15) is 5.56 Å². The Morgan fingerprint density at radius 2 is 1.92 bits per heavy atom. The predicted octanol–water partition coefficient (Wildman–Crippen LogP) is 3.30. The number of nitrogens with one attached hydrogen (secondary N) is 2. The Morgan fingerprint density at radius 1 is 1.08 bits per heavy atom. The van der Waals surface area contributed by atoms with Crippen LogP contribution >= 0.6 is 0 Å². The molecule has 0 saturated carbocycles. The number of fused-ring (bicyclic) bond motifs is 1. The Kier molecular flexibility index (Phi) is 4.96. The number of sulfonamides is 1. The minimum atomic E-state index is -3.67. The first-order valence-corrected chi connectivity index (χ1v) is 9.30. The predicted molar refractivity (Wildman–Crippen MR) is 97.7 cm³/mol. The largest absolute Gasteiger partial charge is 0.491 e. The highest BCUT2D eigenvalue weighted by molar-refractivity contribution is 7.92. The second-order valence-corrected chi connectivity index (χ2v) is 7.34. The molecule has 3 rings (SSSR count). The van der Waals surface area contributed by atoms with Gasteiger partial charge in [-0.15, -0.1) is 0 Å². The van der Waals surface area contributed by atoms with Crippen molar-refractivity contribution in [1.82, 2.24) is 4.98 Å². The summed E-state index contributed by atoms with van der Waals surface area (Å²) in [6.45, 7) is 2.70. The number of aromatic amines is 1. The molecule has 2 aromatic carbocycles. The van der Waals surface area contributed by atoms with Crippen molar-refractivity contribution in [3.63, 3.8) is 0 Å². The smallest absolute Gasteiger partial charge is 0.261 e. The molecule has 132 valence electrons. The van der Waals surface area contributed by atoms with E-state index in [9.17, 15) is 8.42 Å². The summed E-state index contributed by atoms with van der Waals surface area (Å²) in [6, 6.07) is 12.0. The number of aromatic nitrogens is 1. The maximum Gasteiger partial charge on any atom is 0.261 e. The molecule has 2 N–H and O–H groups in total. The second-order valence-electron chi connectivity index (χ2n) is 5.65. The molecule has 3 aromatic rings. The molecule has 0 aliphatic heterocycles. The van der Waals surface area contributed by atoms with Crippen LogP contribution in [-0.4, -0.2) is 33.7 Å². The van der Waals surface area contributed by atoms with Crippen LogP contribution in [0, 0.1) is 6.92 Å². The normalized spacial score (nSPS) is 11.6. The number of aryl methyl sites for hydroxylation is 1. The average molecular weight is 360 g/mol. The van der Waals surface area contributed by atoms with Gasteiger partial charge in [-0.05, 0) is 55.0 Å². The van der Waals surface area contributed by atoms with Gasteiger partial charge in [0.25, 0.3) is 10.0 Å². The van der Waals surface area contributed by atoms with Crippen molar-refractivity contribution in [2.45, 2.75) is 11.8 Å². The first-order chi connectivity index (χ1) is 12.0. The van der Waals surface area contributed by atoms with Gasteiger partial charge in [0.15, 0.2) is 0 Å². The fourth-order valence-electron chi connectivity index (χ4n) is 2.52. The van der Waals surface area contributed by atoms with Gasteiger partial charge in [0, 0.05) is 29.9 Å². The molecule has 1 aromatic heterocycles. The number of benzene rings is 2. The van der Waals surface area contributed by atoms with E-state index in [1.54, 1.807) is 31.4 Å². The summed E-state index contributed by atoms with van der Waals surface area (Å²) in [5, 5.41) is 0.943. The van der Waals surface area contributed by atoms with Crippen molar-refractivity contribution < 1.29 is 17.9 Å². The Balaban J connectivity index is 1.80. The Hall–Kier alpha value is -2.51. The molecule has 6 nitrogen and oxygen atoms in total. The van der Waals surface area contributed by atoms with E-state index < -0.39 is 10.0 Å². The SMILES string of the molecule is COCCOc1ccc(S(=O)(=O)Nc2ccc3[nH]ccc3c2)cc1C. The number of rotatable bonds is 7. The first-order valence-electron chi connectivity index (χ1n) is 7.82. The molecule has 0 fully saturated rings. The lowest BCUT2D eigenvalue weighted by Gasteiger charge is -2.12. The molecule has 0 bridgehead atoms. The van der Waals surface area contributed by atoms with Gasteiger partial charge in [-0.2, -0.15) is 0 Å². The van der Waals surface area contributed by atoms with Crippen LogP contribution in [0.15, 0.2) is 53.6 Å². The molecule has 0 unspecified atom stereocenters. The van der Waals surface area contributed by atoms with Crippen LogP contribution in [0.2, 0.25) is 0 Å². The minimum Gasteiger partial charge on any atom is -0.491 e. The molecule has 0 amide bonds. The lowest BCUT2D eigenvalue weighted by molar-refractivity contribution is 0.146. The van der Waals surface area contributed by atoms with E-state index in [1.165, 1.54) is 6.07 Å². The van der Waals surface area contributed by atoms with Gasteiger partial charge in [0.05, 0.1) is 11.5 Å². The average Bonchev–Trinajstić information content (AvgIpc) is 3.03. The summed E-state index contributed by atoms with van der Waals surface area (Å²) in [4.78, 5) is 3.27. The number of H-pyrrole nitrogens is 1. The van der Waals surface area contributed by atoms with E-state index in [-0.39, 0.29) is 4.90 Å².